The lowest BCUT2D eigenvalue weighted by Gasteiger charge is -2.06. The van der Waals surface area contributed by atoms with Gasteiger partial charge < -0.3 is 10.0 Å². The van der Waals surface area contributed by atoms with Gasteiger partial charge in [0.1, 0.15) is 5.82 Å². The summed E-state index contributed by atoms with van der Waals surface area (Å²) in [6, 6.07) is 3.91. The molecule has 0 spiro atoms. The van der Waals surface area contributed by atoms with E-state index in [1.165, 1.54) is 12.1 Å². The third kappa shape index (κ3) is 2.90. The van der Waals surface area contributed by atoms with Crippen LogP contribution < -0.4 is 5.46 Å². The molecule has 0 bridgehead atoms. The number of benzene rings is 1. The molecule has 0 fully saturated rings. The molecular formula is C11H11BClFN2O2. The highest BCUT2D eigenvalue weighted by atomic mass is 35.5. The SMILES string of the molecule is Cc1nn(Cc2cc(F)cc(B(O)O)c2)cc1Cl. The van der Waals surface area contributed by atoms with Crippen LogP contribution in [0.4, 0.5) is 4.39 Å². The Bertz CT molecular complexity index is 555. The summed E-state index contributed by atoms with van der Waals surface area (Å²) in [5.74, 6) is -0.523. The van der Waals surface area contributed by atoms with Crippen molar-refractivity contribution in [1.82, 2.24) is 9.78 Å². The summed E-state index contributed by atoms with van der Waals surface area (Å²) in [4.78, 5) is 0. The van der Waals surface area contributed by atoms with Crippen molar-refractivity contribution in [2.45, 2.75) is 13.5 Å². The highest BCUT2D eigenvalue weighted by molar-refractivity contribution is 6.58. The molecule has 1 aromatic carbocycles. The van der Waals surface area contributed by atoms with E-state index in [0.717, 1.165) is 6.07 Å². The summed E-state index contributed by atoms with van der Waals surface area (Å²) in [6.45, 7) is 2.08. The maximum absolute atomic E-state index is 13.3. The molecule has 0 atom stereocenters. The Morgan fingerprint density at radius 3 is 2.67 bits per heavy atom. The fraction of sp³-hybridized carbons (Fsp3) is 0.182. The van der Waals surface area contributed by atoms with Crippen molar-refractivity contribution in [3.8, 4) is 0 Å². The Kier molecular flexibility index (Phi) is 3.70. The first-order valence-electron chi connectivity index (χ1n) is 5.31. The largest absolute Gasteiger partial charge is 0.488 e. The molecule has 94 valence electrons. The zero-order valence-corrected chi connectivity index (χ0v) is 10.4. The van der Waals surface area contributed by atoms with Crippen LogP contribution >= 0.6 is 11.6 Å². The third-order valence-electron chi connectivity index (χ3n) is 2.51. The molecule has 0 aliphatic rings. The van der Waals surface area contributed by atoms with Gasteiger partial charge in [-0.05, 0) is 30.1 Å². The first kappa shape index (κ1) is 13.1. The first-order valence-corrected chi connectivity index (χ1v) is 5.68. The molecule has 0 aliphatic carbocycles. The summed E-state index contributed by atoms with van der Waals surface area (Å²) >= 11 is 5.87. The maximum Gasteiger partial charge on any atom is 0.488 e. The minimum absolute atomic E-state index is 0.111. The second-order valence-corrected chi connectivity index (χ2v) is 4.43. The van der Waals surface area contributed by atoms with Crippen LogP contribution in [0.3, 0.4) is 0 Å². The van der Waals surface area contributed by atoms with E-state index in [9.17, 15) is 4.39 Å². The Morgan fingerprint density at radius 1 is 1.39 bits per heavy atom. The van der Waals surface area contributed by atoms with E-state index in [0.29, 0.717) is 22.8 Å². The summed E-state index contributed by atoms with van der Waals surface area (Å²) in [5.41, 5.74) is 1.38. The number of aromatic nitrogens is 2. The second kappa shape index (κ2) is 5.10. The summed E-state index contributed by atoms with van der Waals surface area (Å²) in [7, 11) is -1.69. The van der Waals surface area contributed by atoms with Gasteiger partial charge in [-0.1, -0.05) is 17.7 Å². The van der Waals surface area contributed by atoms with Crippen molar-refractivity contribution in [2.24, 2.45) is 0 Å². The first-order chi connectivity index (χ1) is 8.45. The Labute approximate surface area is 109 Å². The minimum Gasteiger partial charge on any atom is -0.423 e. The summed E-state index contributed by atoms with van der Waals surface area (Å²) in [6.07, 6.45) is 1.64. The van der Waals surface area contributed by atoms with Crippen molar-refractivity contribution >= 4 is 24.2 Å². The molecular weight excluding hydrogens is 257 g/mol. The van der Waals surface area contributed by atoms with Gasteiger partial charge >= 0.3 is 7.12 Å². The van der Waals surface area contributed by atoms with Crippen LogP contribution in [-0.4, -0.2) is 26.9 Å². The van der Waals surface area contributed by atoms with E-state index in [1.54, 1.807) is 17.8 Å². The quantitative estimate of drug-likeness (QED) is 0.806. The highest BCUT2D eigenvalue weighted by Crippen LogP contribution is 2.13. The number of hydrogen-bond donors (Lipinski definition) is 2. The van der Waals surface area contributed by atoms with Crippen molar-refractivity contribution < 1.29 is 14.4 Å². The second-order valence-electron chi connectivity index (χ2n) is 4.03. The van der Waals surface area contributed by atoms with Crippen LogP contribution in [-0.2, 0) is 6.54 Å². The van der Waals surface area contributed by atoms with Crippen molar-refractivity contribution in [1.29, 1.82) is 0 Å². The van der Waals surface area contributed by atoms with Crippen LogP contribution in [0, 0.1) is 12.7 Å². The molecule has 0 unspecified atom stereocenters. The van der Waals surface area contributed by atoms with Crippen molar-refractivity contribution in [2.75, 3.05) is 0 Å². The summed E-state index contributed by atoms with van der Waals surface area (Å²) in [5, 5.41) is 22.7. The van der Waals surface area contributed by atoms with E-state index in [4.69, 9.17) is 21.6 Å². The Morgan fingerprint density at radius 2 is 2.11 bits per heavy atom. The average Bonchev–Trinajstić information content (AvgIpc) is 2.56. The average molecular weight is 268 g/mol. The maximum atomic E-state index is 13.3. The Balaban J connectivity index is 2.28. The number of halogens is 2. The molecule has 0 saturated heterocycles. The standard InChI is InChI=1S/C11H11BClFN2O2/c1-7-11(13)6-16(15-7)5-8-2-9(12(17)18)4-10(14)3-8/h2-4,6,17-18H,5H2,1H3. The molecule has 0 radical (unpaired) electrons. The lowest BCUT2D eigenvalue weighted by molar-refractivity contribution is 0.425. The van der Waals surface area contributed by atoms with Gasteiger partial charge in [0.15, 0.2) is 0 Å². The van der Waals surface area contributed by atoms with E-state index in [1.807, 2.05) is 0 Å². The molecule has 0 aliphatic heterocycles. The zero-order valence-electron chi connectivity index (χ0n) is 9.64. The molecule has 1 aromatic heterocycles. The molecule has 7 heteroatoms. The smallest absolute Gasteiger partial charge is 0.423 e. The number of aryl methyl sites for hydroxylation is 1. The van der Waals surface area contributed by atoms with Crippen LogP contribution in [0.1, 0.15) is 11.3 Å². The van der Waals surface area contributed by atoms with Crippen LogP contribution in [0.15, 0.2) is 24.4 Å². The van der Waals surface area contributed by atoms with E-state index >= 15 is 0 Å². The predicted octanol–water partition coefficient (Wildman–Crippen LogP) is 0.712. The molecule has 18 heavy (non-hydrogen) atoms. The van der Waals surface area contributed by atoms with E-state index < -0.39 is 12.9 Å². The van der Waals surface area contributed by atoms with Crippen molar-refractivity contribution in [3.05, 3.63) is 46.5 Å². The fourth-order valence-electron chi connectivity index (χ4n) is 1.68. The minimum atomic E-state index is -1.69. The molecule has 4 nitrogen and oxygen atoms in total. The van der Waals surface area contributed by atoms with Gasteiger partial charge in [0.2, 0.25) is 0 Å². The number of nitrogens with zero attached hydrogens (tertiary/aromatic N) is 2. The normalized spacial score (nSPS) is 10.7. The van der Waals surface area contributed by atoms with Crippen LogP contribution in [0.2, 0.25) is 5.02 Å². The van der Waals surface area contributed by atoms with E-state index in [-0.39, 0.29) is 5.46 Å². The van der Waals surface area contributed by atoms with Gasteiger partial charge in [-0.15, -0.1) is 0 Å². The highest BCUT2D eigenvalue weighted by Gasteiger charge is 2.13. The zero-order chi connectivity index (χ0) is 13.3. The Hall–Kier alpha value is -1.37. The van der Waals surface area contributed by atoms with Gasteiger partial charge in [-0.2, -0.15) is 5.10 Å². The third-order valence-corrected chi connectivity index (χ3v) is 2.88. The van der Waals surface area contributed by atoms with Crippen LogP contribution in [0.5, 0.6) is 0 Å². The molecule has 1 heterocycles. The molecule has 0 saturated carbocycles. The van der Waals surface area contributed by atoms with Gasteiger partial charge in [-0.25, -0.2) is 4.39 Å². The lowest BCUT2D eigenvalue weighted by Crippen LogP contribution is -2.30. The molecule has 0 amide bonds. The monoisotopic (exact) mass is 268 g/mol. The van der Waals surface area contributed by atoms with Gasteiger partial charge in [0.05, 0.1) is 17.3 Å². The molecule has 2 aromatic rings. The number of rotatable bonds is 3. The van der Waals surface area contributed by atoms with Crippen molar-refractivity contribution in [3.63, 3.8) is 0 Å². The van der Waals surface area contributed by atoms with Gasteiger partial charge in [0.25, 0.3) is 0 Å². The topological polar surface area (TPSA) is 58.3 Å². The predicted molar refractivity (Wildman–Crippen MR) is 67.3 cm³/mol. The number of hydrogen-bond acceptors (Lipinski definition) is 3. The molecule has 2 N–H and O–H groups in total. The fourth-order valence-corrected chi connectivity index (χ4v) is 1.83. The van der Waals surface area contributed by atoms with E-state index in [2.05, 4.69) is 5.10 Å². The molecule has 2 rings (SSSR count). The lowest BCUT2D eigenvalue weighted by atomic mass is 9.79. The van der Waals surface area contributed by atoms with Gasteiger partial charge in [-0.3, -0.25) is 4.68 Å². The van der Waals surface area contributed by atoms with Crippen LogP contribution in [0.25, 0.3) is 0 Å². The van der Waals surface area contributed by atoms with Gasteiger partial charge in [0, 0.05) is 6.20 Å². The summed E-state index contributed by atoms with van der Waals surface area (Å²) < 4.78 is 14.9.